The van der Waals surface area contributed by atoms with E-state index in [-0.39, 0.29) is 30.4 Å². The first-order valence-corrected chi connectivity index (χ1v) is 12.5. The van der Waals surface area contributed by atoms with Crippen LogP contribution >= 0.6 is 35.0 Å². The van der Waals surface area contributed by atoms with Crippen LogP contribution in [0.1, 0.15) is 5.56 Å². The Bertz CT molecular complexity index is 1120. The van der Waals surface area contributed by atoms with Gasteiger partial charge in [-0.15, -0.1) is 0 Å². The molecular formula is C19H16Cl2N2O4S2. The number of hydrogen-bond donors (Lipinski definition) is 0. The lowest BCUT2D eigenvalue weighted by Gasteiger charge is -2.26. The smallest absolute Gasteiger partial charge is 0.231 e. The highest BCUT2D eigenvalue weighted by Gasteiger charge is 2.47. The van der Waals surface area contributed by atoms with Crippen LogP contribution in [-0.2, 0) is 15.6 Å². The third-order valence-electron chi connectivity index (χ3n) is 5.11. The highest BCUT2D eigenvalue weighted by Crippen LogP contribution is 2.41. The molecule has 0 spiro atoms. The predicted octanol–water partition coefficient (Wildman–Crippen LogP) is 4.00. The van der Waals surface area contributed by atoms with Crippen molar-refractivity contribution in [2.45, 2.75) is 17.8 Å². The second-order valence-corrected chi connectivity index (χ2v) is 11.0. The Kier molecular flexibility index (Phi) is 4.85. The molecule has 0 bridgehead atoms. The van der Waals surface area contributed by atoms with Crippen LogP contribution in [0, 0.1) is 0 Å². The molecule has 0 amide bonds. The first kappa shape index (κ1) is 19.4. The van der Waals surface area contributed by atoms with E-state index in [0.717, 1.165) is 16.4 Å². The molecule has 1 saturated heterocycles. The monoisotopic (exact) mass is 470 g/mol. The zero-order valence-corrected chi connectivity index (χ0v) is 18.2. The van der Waals surface area contributed by atoms with Gasteiger partial charge in [-0.3, -0.25) is 4.99 Å². The quantitative estimate of drug-likeness (QED) is 0.675. The molecule has 2 aromatic carbocycles. The Balaban J connectivity index is 1.45. The van der Waals surface area contributed by atoms with Crippen molar-refractivity contribution in [2.75, 3.05) is 23.2 Å². The molecule has 0 aliphatic carbocycles. The van der Waals surface area contributed by atoms with Crippen molar-refractivity contribution >= 4 is 55.7 Å². The van der Waals surface area contributed by atoms with E-state index in [1.807, 2.05) is 29.2 Å². The largest absolute Gasteiger partial charge is 0.454 e. The minimum absolute atomic E-state index is 0.0739. The SMILES string of the molecule is O=S1(=O)C[C@@H]2N=C(SCc3ccc(Cl)cc3Cl)N(c3ccc4c(c3)OCO4)[C@H]2C1. The molecule has 0 radical (unpaired) electrons. The van der Waals surface area contributed by atoms with Gasteiger partial charge in [0.25, 0.3) is 0 Å². The van der Waals surface area contributed by atoms with Crippen molar-refractivity contribution < 1.29 is 17.9 Å². The Morgan fingerprint density at radius 2 is 1.93 bits per heavy atom. The summed E-state index contributed by atoms with van der Waals surface area (Å²) in [5.74, 6) is 2.09. The van der Waals surface area contributed by atoms with Gasteiger partial charge in [0.15, 0.2) is 26.5 Å². The summed E-state index contributed by atoms with van der Waals surface area (Å²) in [5.41, 5.74) is 1.78. The van der Waals surface area contributed by atoms with Crippen molar-refractivity contribution in [1.82, 2.24) is 0 Å². The molecule has 10 heteroatoms. The molecule has 0 unspecified atom stereocenters. The van der Waals surface area contributed by atoms with Gasteiger partial charge in [0.1, 0.15) is 0 Å². The molecule has 0 N–H and O–H groups in total. The second-order valence-electron chi connectivity index (χ2n) is 7.06. The van der Waals surface area contributed by atoms with Gasteiger partial charge in [0.05, 0.1) is 23.6 Å². The molecule has 0 aromatic heterocycles. The highest BCUT2D eigenvalue weighted by atomic mass is 35.5. The number of thioether (sulfide) groups is 1. The molecule has 1 fully saturated rings. The highest BCUT2D eigenvalue weighted by molar-refractivity contribution is 8.13. The van der Waals surface area contributed by atoms with E-state index in [1.165, 1.54) is 11.8 Å². The molecule has 6 nitrogen and oxygen atoms in total. The first-order valence-electron chi connectivity index (χ1n) is 8.93. The van der Waals surface area contributed by atoms with Gasteiger partial charge in [-0.05, 0) is 29.8 Å². The van der Waals surface area contributed by atoms with Crippen molar-refractivity contribution in [3.05, 3.63) is 52.0 Å². The van der Waals surface area contributed by atoms with Crippen LogP contribution in [-0.4, -0.2) is 44.0 Å². The Morgan fingerprint density at radius 1 is 1.10 bits per heavy atom. The molecule has 3 heterocycles. The van der Waals surface area contributed by atoms with E-state index in [9.17, 15) is 8.42 Å². The van der Waals surface area contributed by atoms with E-state index < -0.39 is 9.84 Å². The predicted molar refractivity (Wildman–Crippen MR) is 116 cm³/mol. The number of aliphatic imine (C=N–C) groups is 1. The lowest BCUT2D eigenvalue weighted by molar-refractivity contribution is 0.174. The van der Waals surface area contributed by atoms with E-state index in [2.05, 4.69) is 0 Å². The fourth-order valence-corrected chi connectivity index (χ4v) is 7.28. The molecular weight excluding hydrogens is 455 g/mol. The fraction of sp³-hybridized carbons (Fsp3) is 0.316. The van der Waals surface area contributed by atoms with E-state index in [4.69, 9.17) is 37.7 Å². The summed E-state index contributed by atoms with van der Waals surface area (Å²) in [6.45, 7) is 0.185. The number of anilines is 1. The average Bonchev–Trinajstić information content (AvgIpc) is 3.32. The van der Waals surface area contributed by atoms with Crippen LogP contribution in [0.15, 0.2) is 41.4 Å². The molecule has 5 rings (SSSR count). The van der Waals surface area contributed by atoms with Crippen molar-refractivity contribution in [1.29, 1.82) is 0 Å². The zero-order valence-electron chi connectivity index (χ0n) is 15.0. The minimum atomic E-state index is -3.11. The second kappa shape index (κ2) is 7.27. The van der Waals surface area contributed by atoms with Crippen LogP contribution in [0.5, 0.6) is 11.5 Å². The van der Waals surface area contributed by atoms with Gasteiger partial charge >= 0.3 is 0 Å². The number of ether oxygens (including phenoxy) is 2. The average molecular weight is 471 g/mol. The zero-order chi connectivity index (χ0) is 20.2. The standard InChI is InChI=1S/C19H16Cl2N2O4S2/c20-12-2-1-11(14(21)5-12)7-28-19-22-15-8-29(24,25)9-16(15)23(19)13-3-4-17-18(6-13)27-10-26-17/h1-6,15-16H,7-10H2/t15-,16-/m0/s1. The number of benzene rings is 2. The van der Waals surface area contributed by atoms with Gasteiger partial charge < -0.3 is 14.4 Å². The fourth-order valence-electron chi connectivity index (χ4n) is 3.75. The normalized spacial score (nSPS) is 23.9. The maximum absolute atomic E-state index is 12.2. The minimum Gasteiger partial charge on any atom is -0.454 e. The Labute approximate surface area is 182 Å². The van der Waals surface area contributed by atoms with Gasteiger partial charge in [0, 0.05) is 27.6 Å². The number of fused-ring (bicyclic) bond motifs is 2. The van der Waals surface area contributed by atoms with Crippen LogP contribution in [0.3, 0.4) is 0 Å². The number of amidine groups is 1. The topological polar surface area (TPSA) is 68.2 Å². The van der Waals surface area contributed by atoms with Gasteiger partial charge in [-0.25, -0.2) is 8.42 Å². The first-order chi connectivity index (χ1) is 13.9. The summed E-state index contributed by atoms with van der Waals surface area (Å²) in [6, 6.07) is 10.5. The summed E-state index contributed by atoms with van der Waals surface area (Å²) in [6.07, 6.45) is 0. The summed E-state index contributed by atoms with van der Waals surface area (Å²) in [7, 11) is -3.11. The Hall–Kier alpha value is -1.61. The summed E-state index contributed by atoms with van der Waals surface area (Å²) >= 11 is 13.8. The molecule has 152 valence electrons. The number of nitrogens with zero attached hydrogens (tertiary/aromatic N) is 2. The van der Waals surface area contributed by atoms with Crippen molar-refractivity contribution in [2.24, 2.45) is 4.99 Å². The summed E-state index contributed by atoms with van der Waals surface area (Å²) in [5, 5.41) is 1.96. The molecule has 3 aliphatic rings. The third-order valence-corrected chi connectivity index (χ3v) is 8.42. The van der Waals surface area contributed by atoms with E-state index >= 15 is 0 Å². The van der Waals surface area contributed by atoms with E-state index in [0.29, 0.717) is 27.3 Å². The molecule has 2 atom stereocenters. The van der Waals surface area contributed by atoms with Crippen LogP contribution in [0.25, 0.3) is 0 Å². The van der Waals surface area contributed by atoms with Crippen molar-refractivity contribution in [3.8, 4) is 11.5 Å². The molecule has 29 heavy (non-hydrogen) atoms. The number of sulfone groups is 1. The van der Waals surface area contributed by atoms with Gasteiger partial charge in [0.2, 0.25) is 6.79 Å². The maximum Gasteiger partial charge on any atom is 0.231 e. The van der Waals surface area contributed by atoms with Crippen LogP contribution < -0.4 is 14.4 Å². The molecule has 2 aromatic rings. The summed E-state index contributed by atoms with van der Waals surface area (Å²) < 4.78 is 35.3. The maximum atomic E-state index is 12.2. The lowest BCUT2D eigenvalue weighted by atomic mass is 10.1. The van der Waals surface area contributed by atoms with Gasteiger partial charge in [-0.2, -0.15) is 0 Å². The number of hydrogen-bond acceptors (Lipinski definition) is 7. The third kappa shape index (κ3) is 3.67. The lowest BCUT2D eigenvalue weighted by Crippen LogP contribution is -2.39. The molecule has 3 aliphatic heterocycles. The van der Waals surface area contributed by atoms with Gasteiger partial charge in [-0.1, -0.05) is 41.0 Å². The summed E-state index contributed by atoms with van der Waals surface area (Å²) in [4.78, 5) is 6.75. The number of rotatable bonds is 3. The van der Waals surface area contributed by atoms with Crippen LogP contribution in [0.4, 0.5) is 5.69 Å². The van der Waals surface area contributed by atoms with E-state index in [1.54, 1.807) is 12.1 Å². The molecule has 0 saturated carbocycles. The Morgan fingerprint density at radius 3 is 2.76 bits per heavy atom. The van der Waals surface area contributed by atoms with Crippen LogP contribution in [0.2, 0.25) is 10.0 Å². The van der Waals surface area contributed by atoms with Crippen molar-refractivity contribution in [3.63, 3.8) is 0 Å². The number of halogens is 2.